The predicted molar refractivity (Wildman–Crippen MR) is 80.5 cm³/mol. The quantitative estimate of drug-likeness (QED) is 0.475. The molecule has 6 N–H and O–H groups in total. The zero-order valence-corrected chi connectivity index (χ0v) is 12.2. The number of fused-ring (bicyclic) bond motifs is 1. The van der Waals surface area contributed by atoms with Gasteiger partial charge in [0.05, 0.1) is 12.0 Å². The van der Waals surface area contributed by atoms with Crippen LogP contribution >= 0.6 is 0 Å². The molecule has 0 spiro atoms. The molecule has 0 fully saturated rings. The molecule has 0 amide bonds. The van der Waals surface area contributed by atoms with Crippen LogP contribution in [0.25, 0.3) is 0 Å². The van der Waals surface area contributed by atoms with E-state index in [1.807, 2.05) is 12.2 Å². The summed E-state index contributed by atoms with van der Waals surface area (Å²) in [4.78, 5) is 0. The summed E-state index contributed by atoms with van der Waals surface area (Å²) in [6.45, 7) is 0.947. The third kappa shape index (κ3) is 2.84. The Morgan fingerprint density at radius 1 is 1.64 bits per heavy atom. The second kappa shape index (κ2) is 6.22. The van der Waals surface area contributed by atoms with E-state index < -0.39 is 12.4 Å². The van der Waals surface area contributed by atoms with Crippen LogP contribution in [0.4, 0.5) is 0 Å². The van der Waals surface area contributed by atoms with Gasteiger partial charge in [-0.05, 0) is 24.8 Å². The highest BCUT2D eigenvalue weighted by atomic mass is 16.5. The lowest BCUT2D eigenvalue weighted by Crippen LogP contribution is -2.36. The Hall–Kier alpha value is -2.29. The monoisotopic (exact) mass is 305 g/mol. The van der Waals surface area contributed by atoms with Crippen molar-refractivity contribution in [3.05, 3.63) is 47.1 Å². The molecular weight excluding hydrogens is 286 g/mol. The Kier molecular flexibility index (Phi) is 4.14. The van der Waals surface area contributed by atoms with Crippen molar-refractivity contribution in [1.82, 2.24) is 16.1 Å². The molecule has 22 heavy (non-hydrogen) atoms. The van der Waals surface area contributed by atoms with Gasteiger partial charge in [-0.3, -0.25) is 10.7 Å². The molecule has 1 aromatic rings. The number of hydrogen-bond donors (Lipinski definition) is 5. The minimum atomic E-state index is -0.730. The summed E-state index contributed by atoms with van der Waals surface area (Å²) in [6, 6.07) is 1.79. The van der Waals surface area contributed by atoms with E-state index in [4.69, 9.17) is 14.9 Å². The number of rotatable bonds is 4. The molecule has 2 aliphatic heterocycles. The highest BCUT2D eigenvalue weighted by molar-refractivity contribution is 5.93. The van der Waals surface area contributed by atoms with E-state index in [0.717, 1.165) is 11.1 Å². The van der Waals surface area contributed by atoms with E-state index in [1.54, 1.807) is 19.4 Å². The van der Waals surface area contributed by atoms with Crippen molar-refractivity contribution in [2.75, 3.05) is 20.2 Å². The highest BCUT2D eigenvalue weighted by Crippen LogP contribution is 2.21. The van der Waals surface area contributed by atoms with Crippen molar-refractivity contribution in [2.24, 2.45) is 10.8 Å². The van der Waals surface area contributed by atoms with Crippen LogP contribution in [-0.2, 0) is 4.74 Å². The zero-order chi connectivity index (χ0) is 15.5. The number of hydrogen-bond acceptors (Lipinski definition) is 8. The Morgan fingerprint density at radius 3 is 3.32 bits per heavy atom. The molecule has 0 saturated carbocycles. The number of dihydropyridines is 1. The van der Waals surface area contributed by atoms with Crippen molar-refractivity contribution < 1.29 is 14.3 Å². The Morgan fingerprint density at radius 2 is 2.50 bits per heavy atom. The van der Waals surface area contributed by atoms with Gasteiger partial charge >= 0.3 is 0 Å². The standard InChI is InChI=1S/C14H19N5O3/c1-16-13(20)10-6-8(2-4-17-10)7-22-14-11-9(3-5-21-11)12(15)18-19-14/h2-3,5-6,12-13,16-18,20H,4,7,15H2,1H3. The molecule has 8 heteroatoms. The largest absolute Gasteiger partial charge is 0.469 e. The van der Waals surface area contributed by atoms with Crippen molar-refractivity contribution >= 4 is 5.90 Å². The average Bonchev–Trinajstić information content (AvgIpc) is 3.04. The number of furan rings is 1. The topological polar surface area (TPSA) is 117 Å². The van der Waals surface area contributed by atoms with Gasteiger partial charge in [-0.1, -0.05) is 6.08 Å². The van der Waals surface area contributed by atoms with Crippen LogP contribution in [0.1, 0.15) is 17.5 Å². The molecule has 2 aliphatic rings. The maximum absolute atomic E-state index is 9.78. The van der Waals surface area contributed by atoms with Gasteiger partial charge in [-0.2, -0.15) is 0 Å². The molecule has 3 heterocycles. The van der Waals surface area contributed by atoms with E-state index in [0.29, 0.717) is 30.5 Å². The number of hydrazone groups is 1. The van der Waals surface area contributed by atoms with Gasteiger partial charge in [0, 0.05) is 12.1 Å². The number of nitrogens with two attached hydrogens (primary N) is 1. The molecule has 0 radical (unpaired) electrons. The fraction of sp³-hybridized carbons (Fsp3) is 0.357. The van der Waals surface area contributed by atoms with Crippen molar-refractivity contribution in [2.45, 2.75) is 12.4 Å². The zero-order valence-electron chi connectivity index (χ0n) is 12.2. The Balaban J connectivity index is 1.67. The van der Waals surface area contributed by atoms with Gasteiger partial charge in [-0.25, -0.2) is 0 Å². The van der Waals surface area contributed by atoms with Crippen LogP contribution in [-0.4, -0.2) is 37.4 Å². The smallest absolute Gasteiger partial charge is 0.275 e. The number of nitrogens with one attached hydrogen (secondary N) is 3. The molecule has 0 aromatic carbocycles. The van der Waals surface area contributed by atoms with Crippen LogP contribution < -0.4 is 21.8 Å². The molecule has 0 saturated heterocycles. The van der Waals surface area contributed by atoms with Gasteiger partial charge in [0.2, 0.25) is 0 Å². The van der Waals surface area contributed by atoms with E-state index >= 15 is 0 Å². The molecule has 2 atom stereocenters. The average molecular weight is 305 g/mol. The van der Waals surface area contributed by atoms with Gasteiger partial charge in [0.15, 0.2) is 5.76 Å². The minimum absolute atomic E-state index is 0.317. The van der Waals surface area contributed by atoms with Crippen LogP contribution in [0.15, 0.2) is 45.3 Å². The van der Waals surface area contributed by atoms with E-state index in [1.165, 1.54) is 0 Å². The van der Waals surface area contributed by atoms with Gasteiger partial charge in [0.1, 0.15) is 19.0 Å². The lowest BCUT2D eigenvalue weighted by molar-refractivity contribution is 0.174. The summed E-state index contributed by atoms with van der Waals surface area (Å²) in [5.74, 6) is 0.908. The minimum Gasteiger partial charge on any atom is -0.469 e. The SMILES string of the molecule is CNC(O)C1=CC(COC2=NNC(N)c3ccoc32)=CCN1. The fourth-order valence-corrected chi connectivity index (χ4v) is 2.28. The summed E-state index contributed by atoms with van der Waals surface area (Å²) < 4.78 is 11.1. The summed E-state index contributed by atoms with van der Waals surface area (Å²) in [6.07, 6.45) is 4.26. The van der Waals surface area contributed by atoms with Gasteiger partial charge in [-0.15, -0.1) is 5.10 Å². The van der Waals surface area contributed by atoms with Gasteiger partial charge in [0.25, 0.3) is 5.90 Å². The normalized spacial score (nSPS) is 21.6. The molecule has 118 valence electrons. The van der Waals surface area contributed by atoms with Crippen LogP contribution in [0.3, 0.4) is 0 Å². The van der Waals surface area contributed by atoms with Crippen molar-refractivity contribution in [1.29, 1.82) is 0 Å². The molecule has 2 unspecified atom stereocenters. The number of aliphatic hydroxyl groups is 1. The second-order valence-corrected chi connectivity index (χ2v) is 4.97. The van der Waals surface area contributed by atoms with E-state index in [2.05, 4.69) is 21.2 Å². The van der Waals surface area contributed by atoms with Crippen LogP contribution in [0.2, 0.25) is 0 Å². The van der Waals surface area contributed by atoms with E-state index in [-0.39, 0.29) is 0 Å². The Bertz CT molecular complexity index is 634. The van der Waals surface area contributed by atoms with Crippen LogP contribution in [0, 0.1) is 0 Å². The fourth-order valence-electron chi connectivity index (χ4n) is 2.28. The number of aliphatic hydroxyl groups excluding tert-OH is 1. The third-order valence-electron chi connectivity index (χ3n) is 3.49. The van der Waals surface area contributed by atoms with Crippen LogP contribution in [0.5, 0.6) is 0 Å². The summed E-state index contributed by atoms with van der Waals surface area (Å²) in [5, 5.41) is 19.7. The molecular formula is C14H19N5O3. The molecule has 8 nitrogen and oxygen atoms in total. The predicted octanol–water partition coefficient (Wildman–Crippen LogP) is -0.530. The second-order valence-electron chi connectivity index (χ2n) is 4.97. The maximum Gasteiger partial charge on any atom is 0.275 e. The third-order valence-corrected chi connectivity index (χ3v) is 3.49. The lowest BCUT2D eigenvalue weighted by atomic mass is 10.1. The first-order chi connectivity index (χ1) is 10.7. The first-order valence-corrected chi connectivity index (χ1v) is 6.98. The summed E-state index contributed by atoms with van der Waals surface area (Å²) in [5.41, 5.74) is 11.1. The molecule has 1 aromatic heterocycles. The van der Waals surface area contributed by atoms with Gasteiger partial charge < -0.3 is 25.3 Å². The molecule has 3 rings (SSSR count). The first kappa shape index (κ1) is 14.6. The highest BCUT2D eigenvalue weighted by Gasteiger charge is 2.24. The summed E-state index contributed by atoms with van der Waals surface area (Å²) in [7, 11) is 1.69. The Labute approximate surface area is 127 Å². The maximum atomic E-state index is 9.78. The van der Waals surface area contributed by atoms with E-state index in [9.17, 15) is 5.11 Å². The van der Waals surface area contributed by atoms with Crippen molar-refractivity contribution in [3.63, 3.8) is 0 Å². The lowest BCUT2D eigenvalue weighted by Gasteiger charge is -2.22. The first-order valence-electron chi connectivity index (χ1n) is 6.98. The molecule has 0 bridgehead atoms. The number of likely N-dealkylation sites (N-methyl/N-ethyl adjacent to an activating group) is 1. The summed E-state index contributed by atoms with van der Waals surface area (Å²) >= 11 is 0. The van der Waals surface area contributed by atoms with Crippen molar-refractivity contribution in [3.8, 4) is 0 Å². The molecule has 0 aliphatic carbocycles. The number of ether oxygens (including phenoxy) is 1. The number of nitrogens with zero attached hydrogens (tertiary/aromatic N) is 1.